The van der Waals surface area contributed by atoms with Crippen LogP contribution in [0.15, 0.2) is 0 Å². The van der Waals surface area contributed by atoms with Crippen molar-refractivity contribution in [2.75, 3.05) is 6.54 Å². The quantitative estimate of drug-likeness (QED) is 0.692. The first-order chi connectivity index (χ1) is 6.51. The van der Waals surface area contributed by atoms with Gasteiger partial charge in [0.2, 0.25) is 0 Å². The lowest BCUT2D eigenvalue weighted by molar-refractivity contribution is -0.157. The van der Waals surface area contributed by atoms with Gasteiger partial charge in [-0.3, -0.25) is 4.79 Å². The summed E-state index contributed by atoms with van der Waals surface area (Å²) in [5.74, 6) is -0.299. The Morgan fingerprint density at radius 1 is 1.33 bits per heavy atom. The molecule has 0 fully saturated rings. The summed E-state index contributed by atoms with van der Waals surface area (Å²) in [6.07, 6.45) is 0. The van der Waals surface area contributed by atoms with E-state index in [0.29, 0.717) is 6.54 Å². The van der Waals surface area contributed by atoms with Crippen LogP contribution in [0.3, 0.4) is 0 Å². The molecule has 0 aliphatic heterocycles. The van der Waals surface area contributed by atoms with Crippen LogP contribution in [-0.2, 0) is 9.53 Å². The van der Waals surface area contributed by atoms with Gasteiger partial charge in [0.1, 0.15) is 11.6 Å². The van der Waals surface area contributed by atoms with Gasteiger partial charge in [0.05, 0.1) is 5.60 Å². The first kappa shape index (κ1) is 14.4. The highest BCUT2D eigenvalue weighted by Gasteiger charge is 2.23. The van der Waals surface area contributed by atoms with E-state index in [1.165, 1.54) is 0 Å². The van der Waals surface area contributed by atoms with Crippen LogP contribution in [-0.4, -0.2) is 34.9 Å². The number of nitrogens with one attached hydrogen (secondary N) is 1. The number of hydrogen-bond donors (Lipinski definition) is 2. The van der Waals surface area contributed by atoms with Crippen molar-refractivity contribution >= 4 is 5.97 Å². The highest BCUT2D eigenvalue weighted by Crippen LogP contribution is 2.08. The van der Waals surface area contributed by atoms with Gasteiger partial charge in [-0.05, 0) is 41.5 Å². The lowest BCUT2D eigenvalue weighted by atomic mass is 10.1. The van der Waals surface area contributed by atoms with E-state index in [4.69, 9.17) is 4.74 Å². The molecule has 2 N–H and O–H groups in total. The summed E-state index contributed by atoms with van der Waals surface area (Å²) in [6.45, 7) is 10.9. The predicted octanol–water partition coefficient (Wildman–Crippen LogP) is 1.08. The highest BCUT2D eigenvalue weighted by molar-refractivity contribution is 5.75. The van der Waals surface area contributed by atoms with Crippen LogP contribution >= 0.6 is 0 Å². The van der Waals surface area contributed by atoms with Crippen LogP contribution in [0.25, 0.3) is 0 Å². The largest absolute Gasteiger partial charge is 0.459 e. The van der Waals surface area contributed by atoms with Gasteiger partial charge in [0, 0.05) is 6.54 Å². The van der Waals surface area contributed by atoms with Crippen molar-refractivity contribution in [3.8, 4) is 0 Å². The van der Waals surface area contributed by atoms with E-state index in [1.54, 1.807) is 20.8 Å². The Bertz CT molecular complexity index is 213. The zero-order valence-electron chi connectivity index (χ0n) is 10.5. The van der Waals surface area contributed by atoms with Crippen molar-refractivity contribution < 1.29 is 14.6 Å². The second kappa shape index (κ2) is 4.94. The van der Waals surface area contributed by atoms with Crippen LogP contribution in [0.2, 0.25) is 0 Å². The van der Waals surface area contributed by atoms with Gasteiger partial charge in [0.25, 0.3) is 0 Å². The van der Waals surface area contributed by atoms with E-state index in [0.717, 1.165) is 0 Å². The molecule has 1 unspecified atom stereocenters. The third-order valence-corrected chi connectivity index (χ3v) is 1.60. The van der Waals surface area contributed by atoms with Gasteiger partial charge < -0.3 is 15.2 Å². The number of rotatable bonds is 4. The maximum absolute atomic E-state index is 11.5. The molecule has 0 amide bonds. The summed E-state index contributed by atoms with van der Waals surface area (Å²) in [6, 6.07) is -0.407. The van der Waals surface area contributed by atoms with Crippen molar-refractivity contribution in [2.24, 2.45) is 0 Å². The molecular weight excluding hydrogens is 194 g/mol. The summed E-state index contributed by atoms with van der Waals surface area (Å²) >= 11 is 0. The maximum Gasteiger partial charge on any atom is 0.323 e. The molecule has 0 saturated carbocycles. The number of carbonyl (C=O) groups excluding carboxylic acids is 1. The molecule has 0 aromatic heterocycles. The topological polar surface area (TPSA) is 58.6 Å². The first-order valence-electron chi connectivity index (χ1n) is 5.20. The van der Waals surface area contributed by atoms with Gasteiger partial charge in [-0.25, -0.2) is 0 Å². The molecule has 90 valence electrons. The molecule has 0 bridgehead atoms. The molecule has 0 rings (SSSR count). The number of ether oxygens (including phenoxy) is 1. The molecule has 0 radical (unpaired) electrons. The first-order valence-corrected chi connectivity index (χ1v) is 5.20. The summed E-state index contributed by atoms with van der Waals surface area (Å²) < 4.78 is 5.18. The molecule has 0 aliphatic rings. The number of carbonyl (C=O) groups is 1. The monoisotopic (exact) mass is 217 g/mol. The Hall–Kier alpha value is -0.610. The second-order valence-electron chi connectivity index (χ2n) is 5.45. The lowest BCUT2D eigenvalue weighted by Crippen LogP contribution is -2.45. The Labute approximate surface area is 92.0 Å². The smallest absolute Gasteiger partial charge is 0.323 e. The Morgan fingerprint density at radius 3 is 2.13 bits per heavy atom. The van der Waals surface area contributed by atoms with Gasteiger partial charge in [-0.2, -0.15) is 0 Å². The fraction of sp³-hybridized carbons (Fsp3) is 0.909. The molecule has 4 heteroatoms. The minimum Gasteiger partial charge on any atom is -0.459 e. The van der Waals surface area contributed by atoms with E-state index >= 15 is 0 Å². The van der Waals surface area contributed by atoms with E-state index < -0.39 is 17.2 Å². The van der Waals surface area contributed by atoms with E-state index in [1.807, 2.05) is 20.8 Å². The third kappa shape index (κ3) is 8.39. The summed E-state index contributed by atoms with van der Waals surface area (Å²) in [7, 11) is 0. The molecule has 1 atom stereocenters. The predicted molar refractivity (Wildman–Crippen MR) is 59.6 cm³/mol. The normalized spacial score (nSPS) is 14.9. The van der Waals surface area contributed by atoms with Crippen LogP contribution in [0, 0.1) is 0 Å². The maximum atomic E-state index is 11.5. The average molecular weight is 217 g/mol. The van der Waals surface area contributed by atoms with Crippen molar-refractivity contribution in [1.82, 2.24) is 5.32 Å². The zero-order valence-corrected chi connectivity index (χ0v) is 10.5. The Morgan fingerprint density at radius 2 is 1.80 bits per heavy atom. The minimum atomic E-state index is -0.823. The highest BCUT2D eigenvalue weighted by atomic mass is 16.6. The number of aliphatic hydroxyl groups is 1. The zero-order chi connectivity index (χ0) is 12.3. The molecule has 15 heavy (non-hydrogen) atoms. The standard InChI is InChI=1S/C11H23NO3/c1-8(12-7-11(5,6)14)9(13)15-10(2,3)4/h8,12,14H,7H2,1-6H3. The fourth-order valence-electron chi connectivity index (χ4n) is 0.876. The lowest BCUT2D eigenvalue weighted by Gasteiger charge is -2.25. The number of hydrogen-bond acceptors (Lipinski definition) is 4. The average Bonchev–Trinajstić information content (AvgIpc) is 1.95. The van der Waals surface area contributed by atoms with E-state index in [2.05, 4.69) is 5.32 Å². The Balaban J connectivity index is 4.01. The van der Waals surface area contributed by atoms with Crippen molar-refractivity contribution in [2.45, 2.75) is 58.8 Å². The van der Waals surface area contributed by atoms with Crippen LogP contribution in [0.5, 0.6) is 0 Å². The van der Waals surface area contributed by atoms with Crippen LogP contribution < -0.4 is 5.32 Å². The van der Waals surface area contributed by atoms with Gasteiger partial charge in [0.15, 0.2) is 0 Å². The van der Waals surface area contributed by atoms with Crippen LogP contribution in [0.1, 0.15) is 41.5 Å². The molecule has 0 aliphatic carbocycles. The van der Waals surface area contributed by atoms with Gasteiger partial charge in [-0.1, -0.05) is 0 Å². The van der Waals surface area contributed by atoms with Crippen molar-refractivity contribution in [3.05, 3.63) is 0 Å². The molecule has 0 aromatic rings. The Kier molecular flexibility index (Phi) is 4.74. The SMILES string of the molecule is CC(NCC(C)(C)O)C(=O)OC(C)(C)C. The van der Waals surface area contributed by atoms with Crippen molar-refractivity contribution in [3.63, 3.8) is 0 Å². The summed E-state index contributed by atoms with van der Waals surface area (Å²) in [5, 5.41) is 12.4. The third-order valence-electron chi connectivity index (χ3n) is 1.60. The van der Waals surface area contributed by atoms with Gasteiger partial charge in [-0.15, -0.1) is 0 Å². The second-order valence-corrected chi connectivity index (χ2v) is 5.45. The van der Waals surface area contributed by atoms with E-state index in [9.17, 15) is 9.90 Å². The minimum absolute atomic E-state index is 0.299. The molecule has 0 heterocycles. The molecule has 0 spiro atoms. The summed E-state index contributed by atoms with van der Waals surface area (Å²) in [5.41, 5.74) is -1.29. The molecule has 4 nitrogen and oxygen atoms in total. The molecule has 0 aromatic carbocycles. The van der Waals surface area contributed by atoms with Crippen LogP contribution in [0.4, 0.5) is 0 Å². The fourth-order valence-corrected chi connectivity index (χ4v) is 0.876. The van der Waals surface area contributed by atoms with Gasteiger partial charge >= 0.3 is 5.97 Å². The number of esters is 1. The molecule has 0 saturated heterocycles. The van der Waals surface area contributed by atoms with Crippen molar-refractivity contribution in [1.29, 1.82) is 0 Å². The molecular formula is C11H23NO3. The summed E-state index contributed by atoms with van der Waals surface area (Å²) in [4.78, 5) is 11.5. The van der Waals surface area contributed by atoms with E-state index in [-0.39, 0.29) is 5.97 Å².